The molecule has 0 spiro atoms. The summed E-state index contributed by atoms with van der Waals surface area (Å²) in [5, 5.41) is 2.89. The number of fused-ring (bicyclic) bond motifs is 1. The van der Waals surface area contributed by atoms with Gasteiger partial charge in [0.2, 0.25) is 15.9 Å². The molecule has 0 saturated carbocycles. The van der Waals surface area contributed by atoms with Gasteiger partial charge in [0.1, 0.15) is 0 Å². The van der Waals surface area contributed by atoms with Gasteiger partial charge in [-0.3, -0.25) is 9.36 Å². The van der Waals surface area contributed by atoms with Gasteiger partial charge in [-0.1, -0.05) is 15.9 Å². The van der Waals surface area contributed by atoms with Crippen LogP contribution in [-0.4, -0.2) is 36.3 Å². The van der Waals surface area contributed by atoms with Gasteiger partial charge >= 0.3 is 5.76 Å². The fourth-order valence-electron chi connectivity index (χ4n) is 3.77. The van der Waals surface area contributed by atoms with Gasteiger partial charge in [-0.15, -0.1) is 0 Å². The van der Waals surface area contributed by atoms with Gasteiger partial charge in [-0.05, 0) is 55.7 Å². The molecule has 1 aliphatic heterocycles. The Kier molecular flexibility index (Phi) is 5.80. The van der Waals surface area contributed by atoms with E-state index < -0.39 is 21.7 Å². The maximum Gasteiger partial charge on any atom is 0.419 e. The van der Waals surface area contributed by atoms with E-state index in [-0.39, 0.29) is 22.9 Å². The van der Waals surface area contributed by atoms with Crippen LogP contribution in [0.4, 0.5) is 5.69 Å². The van der Waals surface area contributed by atoms with Crippen molar-refractivity contribution in [3.8, 4) is 0 Å². The van der Waals surface area contributed by atoms with E-state index in [1.54, 1.807) is 19.2 Å². The van der Waals surface area contributed by atoms with Gasteiger partial charge in [0.15, 0.2) is 5.58 Å². The predicted octanol–water partition coefficient (Wildman–Crippen LogP) is 3.24. The van der Waals surface area contributed by atoms with Gasteiger partial charge in [-0.25, -0.2) is 13.2 Å². The average molecular weight is 508 g/mol. The number of amides is 1. The number of halogens is 1. The fourth-order valence-corrected chi connectivity index (χ4v) is 5.55. The molecule has 2 aromatic carbocycles. The Morgan fingerprint density at radius 1 is 1.23 bits per heavy atom. The van der Waals surface area contributed by atoms with Crippen molar-refractivity contribution in [2.45, 2.75) is 24.7 Å². The highest BCUT2D eigenvalue weighted by Gasteiger charge is 2.33. The number of piperidine rings is 1. The van der Waals surface area contributed by atoms with Crippen LogP contribution in [0.1, 0.15) is 18.4 Å². The zero-order valence-corrected chi connectivity index (χ0v) is 19.5. The number of nitrogens with one attached hydrogen (secondary N) is 1. The first-order valence-electron chi connectivity index (χ1n) is 9.83. The van der Waals surface area contributed by atoms with Crippen LogP contribution >= 0.6 is 15.9 Å². The molecule has 1 fully saturated rings. The highest BCUT2D eigenvalue weighted by Crippen LogP contribution is 2.27. The van der Waals surface area contributed by atoms with Crippen LogP contribution in [0.15, 0.2) is 55.0 Å². The number of aromatic nitrogens is 1. The van der Waals surface area contributed by atoms with E-state index in [2.05, 4.69) is 21.2 Å². The first-order valence-corrected chi connectivity index (χ1v) is 12.1. The normalized spacial score (nSPS) is 17.7. The van der Waals surface area contributed by atoms with E-state index in [0.29, 0.717) is 30.6 Å². The molecule has 1 aromatic heterocycles. The number of nitrogens with zero attached hydrogens (tertiary/aromatic N) is 2. The monoisotopic (exact) mass is 507 g/mol. The Labute approximate surface area is 188 Å². The number of rotatable bonds is 4. The smallest absolute Gasteiger partial charge is 0.408 e. The second-order valence-electron chi connectivity index (χ2n) is 7.71. The summed E-state index contributed by atoms with van der Waals surface area (Å²) in [6.07, 6.45) is 1.19. The Balaban J connectivity index is 1.53. The number of anilines is 1. The molecule has 0 radical (unpaired) electrons. The molecule has 1 atom stereocenters. The van der Waals surface area contributed by atoms with Gasteiger partial charge in [0.05, 0.1) is 16.3 Å². The first kappa shape index (κ1) is 21.8. The molecule has 3 aromatic rings. The van der Waals surface area contributed by atoms with Crippen LogP contribution in [0.3, 0.4) is 0 Å². The van der Waals surface area contributed by atoms with Crippen LogP contribution in [0.25, 0.3) is 11.1 Å². The van der Waals surface area contributed by atoms with E-state index in [9.17, 15) is 18.0 Å². The third-order valence-corrected chi connectivity index (χ3v) is 8.33. The summed E-state index contributed by atoms with van der Waals surface area (Å²) in [6, 6.07) is 9.90. The topological polar surface area (TPSA) is 102 Å². The van der Waals surface area contributed by atoms with E-state index in [0.717, 1.165) is 10.0 Å². The fraction of sp³-hybridized carbons (Fsp3) is 0.333. The predicted molar refractivity (Wildman–Crippen MR) is 120 cm³/mol. The number of carbonyl (C=O) groups is 1. The van der Waals surface area contributed by atoms with E-state index in [1.165, 1.54) is 21.0 Å². The van der Waals surface area contributed by atoms with Crippen LogP contribution in [0.2, 0.25) is 0 Å². The minimum atomic E-state index is -3.83. The lowest BCUT2D eigenvalue weighted by Gasteiger charge is -2.31. The number of sulfonamides is 1. The molecule has 164 valence electrons. The molecule has 1 saturated heterocycles. The Bertz CT molecular complexity index is 1330. The molecule has 0 aliphatic carbocycles. The third kappa shape index (κ3) is 4.19. The molecular weight excluding hydrogens is 486 g/mol. The number of hydrogen-bond donors (Lipinski definition) is 1. The van der Waals surface area contributed by atoms with Crippen molar-refractivity contribution >= 4 is 48.6 Å². The minimum absolute atomic E-state index is 0.0407. The Hall–Kier alpha value is -2.43. The van der Waals surface area contributed by atoms with Crippen LogP contribution in [-0.2, 0) is 21.9 Å². The lowest BCUT2D eigenvalue weighted by atomic mass is 9.98. The summed E-state index contributed by atoms with van der Waals surface area (Å²) < 4.78 is 35.1. The first-order chi connectivity index (χ1) is 14.7. The quantitative estimate of drug-likeness (QED) is 0.583. The van der Waals surface area contributed by atoms with Crippen molar-refractivity contribution in [1.82, 2.24) is 8.87 Å². The largest absolute Gasteiger partial charge is 0.419 e. The Morgan fingerprint density at radius 3 is 2.74 bits per heavy atom. The van der Waals surface area contributed by atoms with E-state index in [1.807, 2.05) is 19.1 Å². The number of benzene rings is 2. The molecule has 0 bridgehead atoms. The lowest BCUT2D eigenvalue weighted by molar-refractivity contribution is -0.120. The summed E-state index contributed by atoms with van der Waals surface area (Å²) in [5.41, 5.74) is 2.40. The van der Waals surface area contributed by atoms with E-state index in [4.69, 9.17) is 4.42 Å². The average Bonchev–Trinajstić information content (AvgIpc) is 3.04. The summed E-state index contributed by atoms with van der Waals surface area (Å²) in [7, 11) is -2.27. The zero-order valence-electron chi connectivity index (χ0n) is 17.1. The minimum Gasteiger partial charge on any atom is -0.408 e. The van der Waals surface area contributed by atoms with Crippen molar-refractivity contribution in [2.24, 2.45) is 13.0 Å². The molecule has 10 heteroatoms. The molecule has 1 N–H and O–H groups in total. The van der Waals surface area contributed by atoms with Gasteiger partial charge in [0.25, 0.3) is 0 Å². The van der Waals surface area contributed by atoms with Gasteiger partial charge < -0.3 is 9.73 Å². The molecular formula is C21H22BrN3O5S. The summed E-state index contributed by atoms with van der Waals surface area (Å²) in [5.74, 6) is -1.21. The van der Waals surface area contributed by atoms with Crippen molar-refractivity contribution in [3.63, 3.8) is 0 Å². The van der Waals surface area contributed by atoms with Gasteiger partial charge in [0, 0.05) is 36.4 Å². The van der Waals surface area contributed by atoms with Crippen molar-refractivity contribution < 1.29 is 17.6 Å². The summed E-state index contributed by atoms with van der Waals surface area (Å²) >= 11 is 3.43. The van der Waals surface area contributed by atoms with Crippen molar-refractivity contribution in [2.75, 3.05) is 18.4 Å². The van der Waals surface area contributed by atoms with Crippen LogP contribution in [0, 0.1) is 12.8 Å². The third-order valence-electron chi connectivity index (χ3n) is 5.58. The number of oxazole rings is 1. The second-order valence-corrected chi connectivity index (χ2v) is 10.5. The summed E-state index contributed by atoms with van der Waals surface area (Å²) in [4.78, 5) is 24.5. The molecule has 1 amide bonds. The standard InChI is InChI=1S/C21H22BrN3O5S/c1-13-10-15(5-7-17(13)22)23-20(26)14-4-3-9-25(12-14)31(28,29)16-6-8-18-19(11-16)30-21(27)24(18)2/h5-8,10-11,14H,3-4,9,12H2,1-2H3,(H,23,26)/t14-/m1/s1. The summed E-state index contributed by atoms with van der Waals surface area (Å²) in [6.45, 7) is 2.36. The highest BCUT2D eigenvalue weighted by molar-refractivity contribution is 9.10. The van der Waals surface area contributed by atoms with Crippen molar-refractivity contribution in [1.29, 1.82) is 0 Å². The molecule has 8 nitrogen and oxygen atoms in total. The molecule has 31 heavy (non-hydrogen) atoms. The number of carbonyl (C=O) groups excluding carboxylic acids is 1. The van der Waals surface area contributed by atoms with Crippen LogP contribution < -0.4 is 11.1 Å². The Morgan fingerprint density at radius 2 is 2.00 bits per heavy atom. The highest BCUT2D eigenvalue weighted by atomic mass is 79.9. The SMILES string of the molecule is Cc1cc(NC(=O)[C@@H]2CCCN(S(=O)(=O)c3ccc4c(c3)oc(=O)n4C)C2)ccc1Br. The lowest BCUT2D eigenvalue weighted by Crippen LogP contribution is -2.43. The number of hydrogen-bond acceptors (Lipinski definition) is 5. The zero-order chi connectivity index (χ0) is 22.3. The number of aryl methyl sites for hydroxylation is 2. The molecule has 1 aliphatic rings. The van der Waals surface area contributed by atoms with Gasteiger partial charge in [-0.2, -0.15) is 4.31 Å². The molecule has 2 heterocycles. The molecule has 0 unspecified atom stereocenters. The van der Waals surface area contributed by atoms with E-state index >= 15 is 0 Å². The van der Waals surface area contributed by atoms with Crippen molar-refractivity contribution in [3.05, 3.63) is 57.0 Å². The second kappa shape index (κ2) is 8.25. The molecule has 4 rings (SSSR count). The maximum atomic E-state index is 13.2. The van der Waals surface area contributed by atoms with Crippen LogP contribution in [0.5, 0.6) is 0 Å². The maximum absolute atomic E-state index is 13.2.